The van der Waals surface area contributed by atoms with E-state index in [0.29, 0.717) is 44.8 Å². The first-order valence-corrected chi connectivity index (χ1v) is 17.2. The molecule has 4 aromatic rings. The number of phenolic OH excluding ortho intramolecular Hbond substituents is 1. The van der Waals surface area contributed by atoms with E-state index in [2.05, 4.69) is 4.98 Å². The fraction of sp³-hybridized carbons (Fsp3) is 0.421. The van der Waals surface area contributed by atoms with E-state index in [4.69, 9.17) is 18.9 Å². The number of aromatic hydroxyl groups is 1. The quantitative estimate of drug-likeness (QED) is 0.264. The van der Waals surface area contributed by atoms with Gasteiger partial charge < -0.3 is 28.6 Å². The van der Waals surface area contributed by atoms with Gasteiger partial charge in [-0.3, -0.25) is 14.4 Å². The molecule has 4 atom stereocenters. The minimum Gasteiger partial charge on any atom is -0.508 e. The lowest BCUT2D eigenvalue weighted by molar-refractivity contribution is -0.140. The molecule has 7 rings (SSSR count). The Bertz CT molecular complexity index is 2470. The summed E-state index contributed by atoms with van der Waals surface area (Å²) in [7, 11) is 7.46. The highest BCUT2D eigenvalue weighted by molar-refractivity contribution is 6.15. The fourth-order valence-electron chi connectivity index (χ4n) is 8.69. The zero-order valence-corrected chi connectivity index (χ0v) is 30.8. The Labute approximate surface area is 303 Å². The molecule has 0 amide bonds. The first-order valence-electron chi connectivity index (χ1n) is 17.2. The summed E-state index contributed by atoms with van der Waals surface area (Å²) >= 11 is 0. The molecular formula is C38H41N5O10. The summed E-state index contributed by atoms with van der Waals surface area (Å²) in [6, 6.07) is 5.35. The van der Waals surface area contributed by atoms with Crippen LogP contribution in [0.15, 0.2) is 61.4 Å². The van der Waals surface area contributed by atoms with Gasteiger partial charge in [0.25, 0.3) is 5.56 Å². The lowest BCUT2D eigenvalue weighted by Crippen LogP contribution is -2.55. The lowest BCUT2D eigenvalue weighted by Gasteiger charge is -2.53. The number of aryl methyl sites for hydroxylation is 2. The molecule has 53 heavy (non-hydrogen) atoms. The summed E-state index contributed by atoms with van der Waals surface area (Å²) in [4.78, 5) is 74.9. The maximum atomic E-state index is 14.4. The standard InChI is InChI=1S/C38H41N5O10/c1-18-19(2)34(46)38(3)22(33(18)45)15-25-21(32(38)31-29(52-7)13-20(44)14-30(31)53-8)9-12-42-36(48)41(37(49)43(25)42)11-10-23-35(47)40(4)26-17-28(51-6)27(50-5)16-24(26)39-23/h9,13-14,16-17,22,25,32,44H,10-12,15H2,1-8H3/t22-,25+,32+,38+/m0/s1. The average Bonchev–Trinajstić information content (AvgIpc) is 3.40. The van der Waals surface area contributed by atoms with E-state index < -0.39 is 40.2 Å². The highest BCUT2D eigenvalue weighted by Gasteiger charge is 2.61. The van der Waals surface area contributed by atoms with Crippen molar-refractivity contribution in [3.05, 3.63) is 89.6 Å². The van der Waals surface area contributed by atoms with E-state index >= 15 is 0 Å². The summed E-state index contributed by atoms with van der Waals surface area (Å²) in [5, 5.41) is 10.5. The Kier molecular flexibility index (Phi) is 8.50. The van der Waals surface area contributed by atoms with Crippen LogP contribution in [0, 0.1) is 11.3 Å². The number of aromatic nitrogens is 5. The summed E-state index contributed by atoms with van der Waals surface area (Å²) in [5.41, 5.74) is 0.0179. The number of methoxy groups -OCH3 is 4. The molecule has 0 radical (unpaired) electrons. The minimum atomic E-state index is -1.32. The maximum absolute atomic E-state index is 14.4. The van der Waals surface area contributed by atoms with Gasteiger partial charge in [-0.1, -0.05) is 13.0 Å². The molecule has 0 spiro atoms. The Morgan fingerprint density at radius 1 is 0.868 bits per heavy atom. The molecule has 1 fully saturated rings. The third-order valence-electron chi connectivity index (χ3n) is 11.6. The number of fused-ring (bicyclic) bond motifs is 5. The van der Waals surface area contributed by atoms with Crippen LogP contribution in [-0.4, -0.2) is 68.6 Å². The molecule has 278 valence electrons. The molecule has 15 heteroatoms. The number of rotatable bonds is 8. The van der Waals surface area contributed by atoms with Crippen molar-refractivity contribution in [2.75, 3.05) is 28.4 Å². The molecule has 1 saturated carbocycles. The van der Waals surface area contributed by atoms with Crippen LogP contribution in [0.5, 0.6) is 28.7 Å². The number of benzene rings is 2. The SMILES string of the molecule is COc1cc2nc(CCn3c(=O)n4n(c3=O)[C@@H]3C[C@H]5C(=O)C(C)=C(C)C(=O)[C@@]5(C)[C@@H](c5c(OC)cc(O)cc5OC)C3=CC4)c(=O)n(C)c2cc1OC. The molecule has 2 aliphatic carbocycles. The van der Waals surface area contributed by atoms with E-state index in [0.717, 1.165) is 4.57 Å². The number of carbonyl (C=O) groups excluding carboxylic acids is 2. The number of carbonyl (C=O) groups is 2. The number of allylic oxidation sites excluding steroid dienone is 4. The van der Waals surface area contributed by atoms with Crippen LogP contribution >= 0.6 is 0 Å². The van der Waals surface area contributed by atoms with E-state index in [9.17, 15) is 29.1 Å². The molecule has 3 aliphatic rings. The molecule has 2 aromatic heterocycles. The molecule has 3 heterocycles. The van der Waals surface area contributed by atoms with Crippen molar-refractivity contribution in [3.63, 3.8) is 0 Å². The van der Waals surface area contributed by atoms with E-state index in [-0.39, 0.29) is 60.4 Å². The van der Waals surface area contributed by atoms with Crippen molar-refractivity contribution >= 4 is 22.6 Å². The number of ether oxygens (including phenoxy) is 4. The summed E-state index contributed by atoms with van der Waals surface area (Å²) in [6.07, 6.45) is 1.88. The van der Waals surface area contributed by atoms with Crippen molar-refractivity contribution in [2.24, 2.45) is 18.4 Å². The van der Waals surface area contributed by atoms with E-state index in [1.54, 1.807) is 40.0 Å². The third-order valence-corrected chi connectivity index (χ3v) is 11.6. The topological polar surface area (TPSA) is 175 Å². The molecule has 2 aromatic carbocycles. The van der Waals surface area contributed by atoms with E-state index in [1.807, 2.05) is 6.08 Å². The van der Waals surface area contributed by atoms with Gasteiger partial charge >= 0.3 is 11.4 Å². The highest BCUT2D eigenvalue weighted by atomic mass is 16.5. The van der Waals surface area contributed by atoms with Crippen molar-refractivity contribution in [1.82, 2.24) is 23.5 Å². The van der Waals surface area contributed by atoms with Gasteiger partial charge in [0, 0.05) is 61.7 Å². The van der Waals surface area contributed by atoms with Crippen LogP contribution in [0.25, 0.3) is 11.0 Å². The molecule has 0 unspecified atom stereocenters. The normalized spacial score (nSPS) is 22.3. The minimum absolute atomic E-state index is 0.000468. The van der Waals surface area contributed by atoms with Gasteiger partial charge in [0.1, 0.15) is 22.9 Å². The van der Waals surface area contributed by atoms with Crippen LogP contribution in [0.3, 0.4) is 0 Å². The number of nitrogens with zero attached hydrogens (tertiary/aromatic N) is 5. The van der Waals surface area contributed by atoms with Gasteiger partial charge in [0.2, 0.25) is 0 Å². The first kappa shape index (κ1) is 35.5. The fourth-order valence-corrected chi connectivity index (χ4v) is 8.69. The van der Waals surface area contributed by atoms with E-state index in [1.165, 1.54) is 54.5 Å². The zero-order chi connectivity index (χ0) is 38.3. The largest absolute Gasteiger partial charge is 0.508 e. The molecule has 0 bridgehead atoms. The van der Waals surface area contributed by atoms with Gasteiger partial charge in [-0.05, 0) is 37.0 Å². The van der Waals surface area contributed by atoms with Crippen molar-refractivity contribution in [3.8, 4) is 28.7 Å². The predicted molar refractivity (Wildman–Crippen MR) is 192 cm³/mol. The first-order chi connectivity index (χ1) is 25.2. The van der Waals surface area contributed by atoms with Gasteiger partial charge in [-0.15, -0.1) is 0 Å². The molecule has 1 aliphatic heterocycles. The van der Waals surface area contributed by atoms with Crippen molar-refractivity contribution in [2.45, 2.75) is 58.7 Å². The Balaban J connectivity index is 1.35. The van der Waals surface area contributed by atoms with Crippen LogP contribution in [0.2, 0.25) is 0 Å². The number of phenols is 1. The smallest absolute Gasteiger partial charge is 0.347 e. The number of hydrogen-bond donors (Lipinski definition) is 1. The molecule has 15 nitrogen and oxygen atoms in total. The van der Waals surface area contributed by atoms with Crippen molar-refractivity contribution in [1.29, 1.82) is 0 Å². The second-order valence-corrected chi connectivity index (χ2v) is 13.9. The average molecular weight is 728 g/mol. The monoisotopic (exact) mass is 727 g/mol. The predicted octanol–water partition coefficient (Wildman–Crippen LogP) is 2.82. The number of hydrogen-bond acceptors (Lipinski definition) is 11. The Hall–Kier alpha value is -5.86. The second-order valence-electron chi connectivity index (χ2n) is 13.9. The summed E-state index contributed by atoms with van der Waals surface area (Å²) < 4.78 is 27.5. The maximum Gasteiger partial charge on any atom is 0.347 e. The van der Waals surface area contributed by atoms with Crippen LogP contribution in [0.1, 0.15) is 50.4 Å². The van der Waals surface area contributed by atoms with Crippen LogP contribution in [0.4, 0.5) is 0 Å². The van der Waals surface area contributed by atoms with Crippen molar-refractivity contribution < 1.29 is 33.6 Å². The van der Waals surface area contributed by atoms with Gasteiger partial charge in [0.05, 0.1) is 57.5 Å². The van der Waals surface area contributed by atoms with Gasteiger partial charge in [-0.2, -0.15) is 0 Å². The lowest BCUT2D eigenvalue weighted by atomic mass is 9.50. The van der Waals surface area contributed by atoms with Crippen LogP contribution in [-0.2, 0) is 36.1 Å². The zero-order valence-electron chi connectivity index (χ0n) is 30.8. The van der Waals surface area contributed by atoms with Gasteiger partial charge in [-0.25, -0.2) is 28.5 Å². The number of Topliss-reactive ketones (excluding diaryl/α,β-unsaturated/α-hetero) is 2. The number of ketones is 2. The van der Waals surface area contributed by atoms with Gasteiger partial charge in [0.15, 0.2) is 23.1 Å². The van der Waals surface area contributed by atoms with Crippen LogP contribution < -0.4 is 35.9 Å². The Morgan fingerprint density at radius 2 is 1.49 bits per heavy atom. The second kappa shape index (κ2) is 12.7. The Morgan fingerprint density at radius 3 is 2.11 bits per heavy atom. The highest BCUT2D eigenvalue weighted by Crippen LogP contribution is 2.63. The molecule has 1 N–H and O–H groups in total. The molecular weight excluding hydrogens is 686 g/mol. The summed E-state index contributed by atoms with van der Waals surface area (Å²) in [5.74, 6) is -0.912. The third kappa shape index (κ3) is 5.00. The molecule has 0 saturated heterocycles. The summed E-state index contributed by atoms with van der Waals surface area (Å²) in [6.45, 7) is 4.90.